The zero-order valence-corrected chi connectivity index (χ0v) is 5.20. The lowest BCUT2D eigenvalue weighted by molar-refractivity contribution is -0.161. The van der Waals surface area contributed by atoms with Crippen LogP contribution in [0.4, 0.5) is 13.2 Å². The molecule has 0 amide bonds. The van der Waals surface area contributed by atoms with E-state index in [2.05, 4.69) is 6.58 Å². The monoisotopic (exact) mass is 138 g/mol. The zero-order chi connectivity index (χ0) is 7.49. The van der Waals surface area contributed by atoms with Crippen molar-refractivity contribution in [2.24, 2.45) is 5.92 Å². The van der Waals surface area contributed by atoms with E-state index in [0.717, 1.165) is 6.08 Å². The molecule has 0 aromatic rings. The Morgan fingerprint density at radius 1 is 1.56 bits per heavy atom. The second kappa shape index (κ2) is 2.90. The third-order valence-corrected chi connectivity index (χ3v) is 1.14. The number of alkyl halides is 3. The summed E-state index contributed by atoms with van der Waals surface area (Å²) in [5, 5.41) is 0. The van der Waals surface area contributed by atoms with E-state index in [1.165, 1.54) is 6.92 Å². The fourth-order valence-electron chi connectivity index (χ4n) is 0.532. The first kappa shape index (κ1) is 8.53. The van der Waals surface area contributed by atoms with Crippen LogP contribution < -0.4 is 0 Å². The third kappa shape index (κ3) is 2.54. The van der Waals surface area contributed by atoms with Crippen LogP contribution in [0.2, 0.25) is 0 Å². The van der Waals surface area contributed by atoms with Gasteiger partial charge < -0.3 is 0 Å². The average molecular weight is 138 g/mol. The van der Waals surface area contributed by atoms with Gasteiger partial charge in [0.05, 0.1) is 5.92 Å². The lowest BCUT2D eigenvalue weighted by Crippen LogP contribution is -2.19. The van der Waals surface area contributed by atoms with Gasteiger partial charge in [-0.05, 0) is 6.42 Å². The predicted octanol–water partition coefficient (Wildman–Crippen LogP) is 2.76. The van der Waals surface area contributed by atoms with E-state index >= 15 is 0 Å². The summed E-state index contributed by atoms with van der Waals surface area (Å²) >= 11 is 0. The van der Waals surface area contributed by atoms with Crippen molar-refractivity contribution in [1.29, 1.82) is 0 Å². The highest BCUT2D eigenvalue weighted by atomic mass is 19.4. The van der Waals surface area contributed by atoms with Gasteiger partial charge in [0.1, 0.15) is 0 Å². The van der Waals surface area contributed by atoms with Crippen LogP contribution in [0.15, 0.2) is 12.7 Å². The van der Waals surface area contributed by atoms with Crippen molar-refractivity contribution < 1.29 is 13.2 Å². The van der Waals surface area contributed by atoms with Gasteiger partial charge in [-0.2, -0.15) is 13.2 Å². The van der Waals surface area contributed by atoms with Gasteiger partial charge >= 0.3 is 6.18 Å². The molecule has 0 bridgehead atoms. The fourth-order valence-corrected chi connectivity index (χ4v) is 0.532. The van der Waals surface area contributed by atoms with Crippen molar-refractivity contribution in [2.75, 3.05) is 0 Å². The number of hydrogen-bond acceptors (Lipinski definition) is 0. The van der Waals surface area contributed by atoms with Crippen molar-refractivity contribution in [3.8, 4) is 0 Å². The molecule has 0 radical (unpaired) electrons. The molecule has 9 heavy (non-hydrogen) atoms. The van der Waals surface area contributed by atoms with Crippen LogP contribution in [0.3, 0.4) is 0 Å². The maximum atomic E-state index is 11.6. The quantitative estimate of drug-likeness (QED) is 0.514. The highest BCUT2D eigenvalue weighted by Gasteiger charge is 2.35. The van der Waals surface area contributed by atoms with Gasteiger partial charge in [0, 0.05) is 0 Å². The molecule has 1 atom stereocenters. The molecule has 0 nitrogen and oxygen atoms in total. The SMILES string of the molecule is C=C[C@@H](CC)C(F)(F)F. The molecule has 0 saturated carbocycles. The van der Waals surface area contributed by atoms with Gasteiger partial charge in [-0.1, -0.05) is 13.0 Å². The molecule has 0 saturated heterocycles. The Morgan fingerprint density at radius 3 is 2.00 bits per heavy atom. The Labute approximate surface area is 52.4 Å². The van der Waals surface area contributed by atoms with E-state index in [-0.39, 0.29) is 6.42 Å². The molecule has 0 spiro atoms. The van der Waals surface area contributed by atoms with Gasteiger partial charge in [-0.3, -0.25) is 0 Å². The van der Waals surface area contributed by atoms with E-state index in [9.17, 15) is 13.2 Å². The second-order valence-electron chi connectivity index (χ2n) is 1.79. The summed E-state index contributed by atoms with van der Waals surface area (Å²) in [6.45, 7) is 4.56. The first-order valence-electron chi connectivity index (χ1n) is 2.71. The van der Waals surface area contributed by atoms with Crippen molar-refractivity contribution in [1.82, 2.24) is 0 Å². The Kier molecular flexibility index (Phi) is 2.74. The first-order valence-corrected chi connectivity index (χ1v) is 2.71. The molecule has 0 rings (SSSR count). The Hall–Kier alpha value is -0.470. The molecule has 0 aromatic heterocycles. The smallest absolute Gasteiger partial charge is 0.170 e. The number of hydrogen-bond donors (Lipinski definition) is 0. The Bertz CT molecular complexity index is 93.0. The van der Waals surface area contributed by atoms with Crippen LogP contribution in [0.1, 0.15) is 13.3 Å². The normalized spacial score (nSPS) is 15.1. The lowest BCUT2D eigenvalue weighted by Gasteiger charge is -2.12. The standard InChI is InChI=1S/C6H9F3/c1-3-5(4-2)6(7,8)9/h3,5H,1,4H2,2H3/t5-/m0/s1. The number of allylic oxidation sites excluding steroid dienone is 1. The van der Waals surface area contributed by atoms with Crippen molar-refractivity contribution in [3.63, 3.8) is 0 Å². The molecular formula is C6H9F3. The number of halogens is 3. The molecule has 0 heterocycles. The van der Waals surface area contributed by atoms with Gasteiger partial charge in [-0.25, -0.2) is 0 Å². The number of rotatable bonds is 2. The molecule has 0 unspecified atom stereocenters. The van der Waals surface area contributed by atoms with Crippen molar-refractivity contribution in [3.05, 3.63) is 12.7 Å². The van der Waals surface area contributed by atoms with Crippen LogP contribution in [0.5, 0.6) is 0 Å². The molecule has 3 heteroatoms. The van der Waals surface area contributed by atoms with E-state index in [1.54, 1.807) is 0 Å². The summed E-state index contributed by atoms with van der Waals surface area (Å²) in [6, 6.07) is 0. The fraction of sp³-hybridized carbons (Fsp3) is 0.667. The highest BCUT2D eigenvalue weighted by molar-refractivity contribution is 4.83. The molecule has 0 aliphatic rings. The van der Waals surface area contributed by atoms with E-state index in [0.29, 0.717) is 0 Å². The summed E-state index contributed by atoms with van der Waals surface area (Å²) in [5.74, 6) is -1.34. The minimum atomic E-state index is -4.10. The molecule has 0 aliphatic carbocycles. The van der Waals surface area contributed by atoms with Crippen LogP contribution in [-0.2, 0) is 0 Å². The van der Waals surface area contributed by atoms with Gasteiger partial charge in [0.2, 0.25) is 0 Å². The maximum Gasteiger partial charge on any atom is 0.395 e. The maximum absolute atomic E-state index is 11.6. The second-order valence-corrected chi connectivity index (χ2v) is 1.79. The lowest BCUT2D eigenvalue weighted by atomic mass is 10.1. The summed E-state index contributed by atoms with van der Waals surface area (Å²) in [7, 11) is 0. The van der Waals surface area contributed by atoms with Crippen LogP contribution in [0, 0.1) is 5.92 Å². The largest absolute Gasteiger partial charge is 0.395 e. The minimum absolute atomic E-state index is 0.0764. The molecule has 0 aliphatic heterocycles. The zero-order valence-electron chi connectivity index (χ0n) is 5.20. The van der Waals surface area contributed by atoms with Crippen molar-refractivity contribution >= 4 is 0 Å². The summed E-state index contributed by atoms with van der Waals surface area (Å²) < 4.78 is 34.9. The predicted molar refractivity (Wildman–Crippen MR) is 30.0 cm³/mol. The molecule has 0 aromatic carbocycles. The summed E-state index contributed by atoms with van der Waals surface area (Å²) in [4.78, 5) is 0. The minimum Gasteiger partial charge on any atom is -0.170 e. The Balaban J connectivity index is 3.94. The first-order chi connectivity index (χ1) is 4.02. The summed E-state index contributed by atoms with van der Waals surface area (Å²) in [6.07, 6.45) is -3.09. The average Bonchev–Trinajstić information content (AvgIpc) is 1.65. The van der Waals surface area contributed by atoms with Crippen LogP contribution in [-0.4, -0.2) is 6.18 Å². The third-order valence-electron chi connectivity index (χ3n) is 1.14. The van der Waals surface area contributed by atoms with E-state index < -0.39 is 12.1 Å². The molecule has 0 N–H and O–H groups in total. The molecule has 0 fully saturated rings. The van der Waals surface area contributed by atoms with Crippen molar-refractivity contribution in [2.45, 2.75) is 19.5 Å². The van der Waals surface area contributed by atoms with Crippen LogP contribution in [0.25, 0.3) is 0 Å². The van der Waals surface area contributed by atoms with Gasteiger partial charge in [0.25, 0.3) is 0 Å². The topological polar surface area (TPSA) is 0 Å². The van der Waals surface area contributed by atoms with Gasteiger partial charge in [-0.15, -0.1) is 6.58 Å². The molecule has 54 valence electrons. The highest BCUT2D eigenvalue weighted by Crippen LogP contribution is 2.28. The van der Waals surface area contributed by atoms with Crippen LogP contribution >= 0.6 is 0 Å². The molecular weight excluding hydrogens is 129 g/mol. The van der Waals surface area contributed by atoms with E-state index in [1.807, 2.05) is 0 Å². The van der Waals surface area contributed by atoms with E-state index in [4.69, 9.17) is 0 Å². The van der Waals surface area contributed by atoms with Gasteiger partial charge in [0.15, 0.2) is 0 Å². The summed E-state index contributed by atoms with van der Waals surface area (Å²) in [5.41, 5.74) is 0. The Morgan fingerprint density at radius 2 is 2.00 bits per heavy atom.